The van der Waals surface area contributed by atoms with Gasteiger partial charge in [-0.05, 0) is 36.4 Å². The molecule has 3 aromatic carbocycles. The van der Waals surface area contributed by atoms with E-state index < -0.39 is 0 Å². The van der Waals surface area contributed by atoms with Crippen LogP contribution in [-0.4, -0.2) is 27.2 Å². The number of H-pyrrole nitrogens is 1. The van der Waals surface area contributed by atoms with Gasteiger partial charge in [-0.25, -0.2) is 4.98 Å². The van der Waals surface area contributed by atoms with Gasteiger partial charge in [-0.2, -0.15) is 5.26 Å². The normalized spacial score (nSPS) is 12.7. The number of hydrogen-bond acceptors (Lipinski definition) is 5. The molecule has 1 amide bonds. The summed E-state index contributed by atoms with van der Waals surface area (Å²) in [4.78, 5) is 20.6. The minimum atomic E-state index is -0.182. The molecule has 0 fully saturated rings. The molecular formula is C27H19N5O3. The van der Waals surface area contributed by atoms with Gasteiger partial charge in [0.15, 0.2) is 11.5 Å². The van der Waals surface area contributed by atoms with Crippen molar-refractivity contribution in [3.05, 3.63) is 84.3 Å². The number of nitrogens with zero attached hydrogens (tertiary/aromatic N) is 3. The SMILES string of the molecule is N#C/C(=C\c1cn(CC(=O)Nc2ccc3c(c2)OCO3)c2ccccc12)c1nc2ccccc2[nH]1. The molecule has 0 aliphatic carbocycles. The zero-order chi connectivity index (χ0) is 23.8. The maximum Gasteiger partial charge on any atom is 0.244 e. The average Bonchev–Trinajstić information content (AvgIpc) is 3.59. The van der Waals surface area contributed by atoms with Gasteiger partial charge in [0, 0.05) is 34.4 Å². The smallest absolute Gasteiger partial charge is 0.244 e. The lowest BCUT2D eigenvalue weighted by Crippen LogP contribution is -2.18. The van der Waals surface area contributed by atoms with Gasteiger partial charge in [-0.3, -0.25) is 4.79 Å². The van der Waals surface area contributed by atoms with Crippen LogP contribution in [0.2, 0.25) is 0 Å². The zero-order valence-electron chi connectivity index (χ0n) is 18.5. The van der Waals surface area contributed by atoms with Crippen molar-refractivity contribution in [3.63, 3.8) is 0 Å². The Balaban J connectivity index is 1.31. The fraction of sp³-hybridized carbons (Fsp3) is 0.0741. The van der Waals surface area contributed by atoms with Crippen molar-refractivity contribution in [3.8, 4) is 17.6 Å². The van der Waals surface area contributed by atoms with E-state index in [1.807, 2.05) is 59.3 Å². The van der Waals surface area contributed by atoms with Crippen molar-refractivity contribution >= 4 is 45.2 Å². The molecule has 170 valence electrons. The van der Waals surface area contributed by atoms with E-state index in [9.17, 15) is 10.1 Å². The summed E-state index contributed by atoms with van der Waals surface area (Å²) in [5.74, 6) is 1.59. The van der Waals surface area contributed by atoms with Crippen LogP contribution in [0.1, 0.15) is 11.4 Å². The number of carbonyl (C=O) groups is 1. The van der Waals surface area contributed by atoms with Crippen molar-refractivity contribution in [1.29, 1.82) is 5.26 Å². The molecule has 8 heteroatoms. The number of imidazole rings is 1. The number of para-hydroxylation sites is 3. The van der Waals surface area contributed by atoms with Crippen LogP contribution < -0.4 is 14.8 Å². The Hall–Kier alpha value is -5.03. The van der Waals surface area contributed by atoms with Gasteiger partial charge in [0.2, 0.25) is 12.7 Å². The molecule has 5 aromatic rings. The Morgan fingerprint density at radius 2 is 1.94 bits per heavy atom. The molecule has 8 nitrogen and oxygen atoms in total. The van der Waals surface area contributed by atoms with E-state index in [2.05, 4.69) is 21.4 Å². The molecule has 1 aliphatic heterocycles. The third-order valence-corrected chi connectivity index (χ3v) is 5.85. The van der Waals surface area contributed by atoms with Crippen LogP contribution in [0, 0.1) is 11.3 Å². The maximum absolute atomic E-state index is 12.8. The van der Waals surface area contributed by atoms with Crippen molar-refractivity contribution in [2.24, 2.45) is 0 Å². The van der Waals surface area contributed by atoms with Crippen molar-refractivity contribution < 1.29 is 14.3 Å². The number of anilines is 1. The monoisotopic (exact) mass is 461 g/mol. The standard InChI is InChI=1S/C27H19N5O3/c28-13-17(27-30-21-6-2-3-7-22(21)31-27)11-18-14-32(23-8-4-1-5-20(18)23)15-26(33)29-19-9-10-24-25(12-19)35-16-34-24/h1-12,14H,15-16H2,(H,29,33)(H,30,31)/b17-11+. The molecule has 0 spiro atoms. The summed E-state index contributed by atoms with van der Waals surface area (Å²) in [6.07, 6.45) is 3.68. The van der Waals surface area contributed by atoms with Gasteiger partial charge < -0.3 is 24.3 Å². The topological polar surface area (TPSA) is 105 Å². The largest absolute Gasteiger partial charge is 0.454 e. The van der Waals surface area contributed by atoms with Gasteiger partial charge in [-0.1, -0.05) is 30.3 Å². The zero-order valence-corrected chi connectivity index (χ0v) is 18.5. The highest BCUT2D eigenvalue weighted by atomic mass is 16.7. The molecule has 0 saturated heterocycles. The molecule has 3 heterocycles. The Kier molecular flexibility index (Phi) is 4.93. The van der Waals surface area contributed by atoms with Gasteiger partial charge in [0.05, 0.1) is 16.6 Å². The summed E-state index contributed by atoms with van der Waals surface area (Å²) < 4.78 is 12.6. The fourth-order valence-electron chi connectivity index (χ4n) is 4.24. The maximum atomic E-state index is 12.8. The molecule has 2 N–H and O–H groups in total. The molecular weight excluding hydrogens is 442 g/mol. The molecule has 0 unspecified atom stereocenters. The number of fused-ring (bicyclic) bond motifs is 3. The molecule has 0 radical (unpaired) electrons. The van der Waals surface area contributed by atoms with Crippen LogP contribution in [0.3, 0.4) is 0 Å². The number of hydrogen-bond donors (Lipinski definition) is 2. The summed E-state index contributed by atoms with van der Waals surface area (Å²) in [7, 11) is 0. The third-order valence-electron chi connectivity index (χ3n) is 5.85. The average molecular weight is 461 g/mol. The lowest BCUT2D eigenvalue weighted by molar-refractivity contribution is -0.116. The Morgan fingerprint density at radius 3 is 2.83 bits per heavy atom. The second-order valence-electron chi connectivity index (χ2n) is 8.12. The number of aromatic amines is 1. The van der Waals surface area contributed by atoms with Gasteiger partial charge in [0.25, 0.3) is 0 Å². The first-order valence-electron chi connectivity index (χ1n) is 11.0. The number of benzene rings is 3. The minimum Gasteiger partial charge on any atom is -0.454 e. The number of amides is 1. The molecule has 0 saturated carbocycles. The van der Waals surface area contributed by atoms with E-state index in [1.54, 1.807) is 24.3 Å². The first kappa shape index (κ1) is 20.6. The van der Waals surface area contributed by atoms with Crippen LogP contribution in [0.15, 0.2) is 72.9 Å². The lowest BCUT2D eigenvalue weighted by Gasteiger charge is -2.08. The van der Waals surface area contributed by atoms with Gasteiger partial charge in [-0.15, -0.1) is 0 Å². The first-order chi connectivity index (χ1) is 17.2. The van der Waals surface area contributed by atoms with Crippen molar-refractivity contribution in [1.82, 2.24) is 14.5 Å². The summed E-state index contributed by atoms with van der Waals surface area (Å²) >= 11 is 0. The van der Waals surface area contributed by atoms with E-state index in [0.29, 0.717) is 28.6 Å². The van der Waals surface area contributed by atoms with Crippen LogP contribution in [0.4, 0.5) is 5.69 Å². The van der Waals surface area contributed by atoms with Crippen LogP contribution >= 0.6 is 0 Å². The number of nitriles is 1. The van der Waals surface area contributed by atoms with Crippen molar-refractivity contribution in [2.75, 3.05) is 12.1 Å². The predicted octanol–water partition coefficient (Wildman–Crippen LogP) is 4.95. The summed E-state index contributed by atoms with van der Waals surface area (Å²) in [6, 6.07) is 23.0. The molecule has 0 atom stereocenters. The molecule has 35 heavy (non-hydrogen) atoms. The van der Waals surface area contributed by atoms with Crippen molar-refractivity contribution in [2.45, 2.75) is 6.54 Å². The quantitative estimate of drug-likeness (QED) is 0.360. The molecule has 0 bridgehead atoms. The highest BCUT2D eigenvalue weighted by molar-refractivity contribution is 5.99. The number of rotatable bonds is 5. The summed E-state index contributed by atoms with van der Waals surface area (Å²) in [5.41, 5.74) is 4.42. The third kappa shape index (κ3) is 3.85. The highest BCUT2D eigenvalue weighted by Gasteiger charge is 2.16. The fourth-order valence-corrected chi connectivity index (χ4v) is 4.24. The Labute approximate surface area is 200 Å². The first-order valence-corrected chi connectivity index (χ1v) is 11.0. The van der Waals surface area contributed by atoms with E-state index in [1.165, 1.54) is 0 Å². The van der Waals surface area contributed by atoms with E-state index >= 15 is 0 Å². The van der Waals surface area contributed by atoms with Crippen LogP contribution in [0.5, 0.6) is 11.5 Å². The number of ether oxygens (including phenoxy) is 2. The number of nitrogens with one attached hydrogen (secondary N) is 2. The Morgan fingerprint density at radius 1 is 1.11 bits per heavy atom. The van der Waals surface area contributed by atoms with E-state index in [0.717, 1.165) is 27.5 Å². The van der Waals surface area contributed by atoms with E-state index in [4.69, 9.17) is 9.47 Å². The van der Waals surface area contributed by atoms with E-state index in [-0.39, 0.29) is 19.2 Å². The molecule has 2 aromatic heterocycles. The van der Waals surface area contributed by atoms with Gasteiger partial charge in [0.1, 0.15) is 18.4 Å². The summed E-state index contributed by atoms with van der Waals surface area (Å²) in [5, 5.41) is 13.7. The highest BCUT2D eigenvalue weighted by Crippen LogP contribution is 2.34. The number of aromatic nitrogens is 3. The minimum absolute atomic E-state index is 0.106. The predicted molar refractivity (Wildman–Crippen MR) is 133 cm³/mol. The molecule has 6 rings (SSSR count). The lowest BCUT2D eigenvalue weighted by atomic mass is 10.1. The second-order valence-corrected chi connectivity index (χ2v) is 8.12. The second kappa shape index (κ2) is 8.39. The van der Waals surface area contributed by atoms with Crippen LogP contribution in [-0.2, 0) is 11.3 Å². The number of carbonyl (C=O) groups excluding carboxylic acids is 1. The van der Waals surface area contributed by atoms with Crippen LogP contribution in [0.25, 0.3) is 33.6 Å². The van der Waals surface area contributed by atoms with Gasteiger partial charge >= 0.3 is 0 Å². The molecule has 1 aliphatic rings. The number of allylic oxidation sites excluding steroid dienone is 1. The summed E-state index contributed by atoms with van der Waals surface area (Å²) in [6.45, 7) is 0.284. The Bertz CT molecular complexity index is 1640.